The number of nitrogens with zero attached hydrogens (tertiary/aromatic N) is 2. The molecule has 0 fully saturated rings. The van der Waals surface area contributed by atoms with Crippen LogP contribution in [0.15, 0.2) is 53.4 Å². The van der Waals surface area contributed by atoms with E-state index in [2.05, 4.69) is 0 Å². The van der Waals surface area contributed by atoms with Gasteiger partial charge < -0.3 is 0 Å². The Balaban J connectivity index is 2.33. The van der Waals surface area contributed by atoms with Crippen molar-refractivity contribution in [2.45, 2.75) is 24.4 Å². The molecule has 1 aromatic heterocycles. The summed E-state index contributed by atoms with van der Waals surface area (Å²) in [6.45, 7) is 1.77. The van der Waals surface area contributed by atoms with Crippen molar-refractivity contribution in [2.75, 3.05) is 0 Å². The van der Waals surface area contributed by atoms with Crippen LogP contribution in [0, 0.1) is 18.3 Å². The van der Waals surface area contributed by atoms with Gasteiger partial charge >= 0.3 is 6.18 Å². The Morgan fingerprint density at radius 3 is 2.32 bits per heavy atom. The number of ketones is 1. The van der Waals surface area contributed by atoms with Crippen LogP contribution in [-0.4, -0.2) is 18.2 Å². The van der Waals surface area contributed by atoms with E-state index in [0.29, 0.717) is 3.97 Å². The molecule has 0 spiro atoms. The standard InChI is InChI=1S/C19H13F3N2O3S/c1-12-2-5-15(6-3-12)28(26,27)24-16-7-4-14(19(20,21)22)10-13(16)11-17(24)18(25)8-9-23/h2-7,10-11H,8H2,1H3. The zero-order valence-corrected chi connectivity index (χ0v) is 15.3. The Bertz CT molecular complexity index is 1220. The molecule has 0 radical (unpaired) electrons. The molecule has 0 saturated carbocycles. The number of aryl methyl sites for hydroxylation is 1. The molecular formula is C19H13F3N2O3S. The van der Waals surface area contributed by atoms with Gasteiger partial charge in [-0.05, 0) is 43.3 Å². The van der Waals surface area contributed by atoms with E-state index in [1.807, 2.05) is 0 Å². The number of rotatable bonds is 4. The predicted octanol–water partition coefficient (Wildman–Crippen LogP) is 4.30. The summed E-state index contributed by atoms with van der Waals surface area (Å²) in [5.41, 5.74) is -0.595. The van der Waals surface area contributed by atoms with Crippen LogP contribution in [0.1, 0.15) is 28.0 Å². The van der Waals surface area contributed by atoms with E-state index in [9.17, 15) is 26.4 Å². The van der Waals surface area contributed by atoms with Gasteiger partial charge in [-0.3, -0.25) is 4.79 Å². The van der Waals surface area contributed by atoms with Crippen LogP contribution in [0.5, 0.6) is 0 Å². The molecule has 0 aliphatic heterocycles. The second kappa shape index (κ2) is 6.80. The molecule has 0 saturated heterocycles. The number of carbonyl (C=O) groups is 1. The highest BCUT2D eigenvalue weighted by molar-refractivity contribution is 7.90. The quantitative estimate of drug-likeness (QED) is 0.605. The van der Waals surface area contributed by atoms with Crippen LogP contribution >= 0.6 is 0 Å². The van der Waals surface area contributed by atoms with Gasteiger partial charge in [0.2, 0.25) is 0 Å². The fraction of sp³-hybridized carbons (Fsp3) is 0.158. The average molecular weight is 406 g/mol. The highest BCUT2D eigenvalue weighted by atomic mass is 32.2. The van der Waals surface area contributed by atoms with Gasteiger partial charge in [0.05, 0.1) is 22.0 Å². The Morgan fingerprint density at radius 2 is 1.75 bits per heavy atom. The molecule has 2 aromatic carbocycles. The van der Waals surface area contributed by atoms with Crippen LogP contribution in [0.3, 0.4) is 0 Å². The number of carbonyl (C=O) groups excluding carboxylic acids is 1. The molecule has 3 rings (SSSR count). The van der Waals surface area contributed by atoms with Gasteiger partial charge in [-0.1, -0.05) is 17.7 Å². The number of alkyl halides is 3. The lowest BCUT2D eigenvalue weighted by atomic mass is 10.1. The first kappa shape index (κ1) is 19.6. The summed E-state index contributed by atoms with van der Waals surface area (Å²) in [4.78, 5) is 12.2. The van der Waals surface area contributed by atoms with Gasteiger partial charge in [-0.15, -0.1) is 0 Å². The van der Waals surface area contributed by atoms with Crippen LogP contribution in [0.4, 0.5) is 13.2 Å². The third-order valence-corrected chi connectivity index (χ3v) is 5.91. The molecule has 0 amide bonds. The Kier molecular flexibility index (Phi) is 4.77. The molecule has 0 unspecified atom stereocenters. The average Bonchev–Trinajstić information content (AvgIpc) is 3.01. The molecular weight excluding hydrogens is 393 g/mol. The fourth-order valence-electron chi connectivity index (χ4n) is 2.80. The molecule has 9 heteroatoms. The van der Waals surface area contributed by atoms with Gasteiger partial charge in [0.15, 0.2) is 5.78 Å². The van der Waals surface area contributed by atoms with E-state index in [4.69, 9.17) is 5.26 Å². The summed E-state index contributed by atoms with van der Waals surface area (Å²) in [6, 6.07) is 11.1. The predicted molar refractivity (Wildman–Crippen MR) is 95.3 cm³/mol. The lowest BCUT2D eigenvalue weighted by molar-refractivity contribution is -0.137. The molecule has 144 valence electrons. The van der Waals surface area contributed by atoms with Crippen LogP contribution in [0.25, 0.3) is 10.9 Å². The van der Waals surface area contributed by atoms with Crippen molar-refractivity contribution in [1.29, 1.82) is 5.26 Å². The highest BCUT2D eigenvalue weighted by Gasteiger charge is 2.32. The van der Waals surface area contributed by atoms with E-state index >= 15 is 0 Å². The first-order valence-corrected chi connectivity index (χ1v) is 9.45. The molecule has 3 aromatic rings. The summed E-state index contributed by atoms with van der Waals surface area (Å²) in [7, 11) is -4.28. The maximum absolute atomic E-state index is 13.1. The number of benzene rings is 2. The third-order valence-electron chi connectivity index (χ3n) is 4.17. The number of hydrogen-bond donors (Lipinski definition) is 0. The van der Waals surface area contributed by atoms with Gasteiger partial charge in [-0.2, -0.15) is 18.4 Å². The first-order valence-electron chi connectivity index (χ1n) is 8.01. The molecule has 1 heterocycles. The minimum Gasteiger partial charge on any atom is -0.291 e. The molecule has 0 N–H and O–H groups in total. The summed E-state index contributed by atoms with van der Waals surface area (Å²) >= 11 is 0. The maximum atomic E-state index is 13.1. The minimum absolute atomic E-state index is 0.0631. The molecule has 0 aliphatic rings. The van der Waals surface area contributed by atoms with Crippen LogP contribution in [0.2, 0.25) is 0 Å². The Hall–Kier alpha value is -3.12. The summed E-state index contributed by atoms with van der Waals surface area (Å²) in [5, 5.41) is 8.72. The molecule has 28 heavy (non-hydrogen) atoms. The molecule has 0 atom stereocenters. The summed E-state index contributed by atoms with van der Waals surface area (Å²) in [6.07, 6.45) is -5.23. The Labute approximate surface area is 158 Å². The topological polar surface area (TPSA) is 79.9 Å². The number of Topliss-reactive ketones (excluding diaryl/α,β-unsaturated/α-hetero) is 1. The van der Waals surface area contributed by atoms with E-state index in [-0.39, 0.29) is 21.5 Å². The normalized spacial score (nSPS) is 12.1. The van der Waals surface area contributed by atoms with Crippen molar-refractivity contribution < 1.29 is 26.4 Å². The van der Waals surface area contributed by atoms with Gasteiger partial charge in [-0.25, -0.2) is 12.4 Å². The van der Waals surface area contributed by atoms with E-state index in [1.54, 1.807) is 25.1 Å². The lowest BCUT2D eigenvalue weighted by Crippen LogP contribution is -2.18. The largest absolute Gasteiger partial charge is 0.416 e. The fourth-order valence-corrected chi connectivity index (χ4v) is 4.33. The lowest BCUT2D eigenvalue weighted by Gasteiger charge is -2.12. The van der Waals surface area contributed by atoms with Crippen molar-refractivity contribution in [1.82, 2.24) is 3.97 Å². The van der Waals surface area contributed by atoms with Crippen LogP contribution < -0.4 is 0 Å². The molecule has 5 nitrogen and oxygen atoms in total. The zero-order valence-electron chi connectivity index (χ0n) is 14.5. The second-order valence-corrected chi connectivity index (χ2v) is 7.93. The number of halogens is 3. The zero-order chi connectivity index (χ0) is 20.7. The van der Waals surface area contributed by atoms with Gasteiger partial charge in [0, 0.05) is 5.39 Å². The van der Waals surface area contributed by atoms with Gasteiger partial charge in [0.1, 0.15) is 12.1 Å². The number of hydrogen-bond acceptors (Lipinski definition) is 4. The summed E-state index contributed by atoms with van der Waals surface area (Å²) in [5.74, 6) is -0.803. The highest BCUT2D eigenvalue weighted by Crippen LogP contribution is 2.34. The first-order chi connectivity index (χ1) is 13.1. The van der Waals surface area contributed by atoms with Crippen molar-refractivity contribution in [3.8, 4) is 6.07 Å². The van der Waals surface area contributed by atoms with E-state index < -0.39 is 34.0 Å². The number of fused-ring (bicyclic) bond motifs is 1. The maximum Gasteiger partial charge on any atom is 0.416 e. The van der Waals surface area contributed by atoms with Crippen molar-refractivity contribution >= 4 is 26.7 Å². The van der Waals surface area contributed by atoms with Crippen molar-refractivity contribution in [3.63, 3.8) is 0 Å². The Morgan fingerprint density at radius 1 is 1.11 bits per heavy atom. The SMILES string of the molecule is Cc1ccc(S(=O)(=O)n2c(C(=O)CC#N)cc3cc(C(F)(F)F)ccc32)cc1. The van der Waals surface area contributed by atoms with E-state index in [0.717, 1.165) is 29.8 Å². The second-order valence-electron chi connectivity index (χ2n) is 6.14. The van der Waals surface area contributed by atoms with Crippen molar-refractivity contribution in [2.24, 2.45) is 0 Å². The molecule has 0 bridgehead atoms. The van der Waals surface area contributed by atoms with E-state index in [1.165, 1.54) is 12.1 Å². The minimum atomic E-state index is -4.62. The summed E-state index contributed by atoms with van der Waals surface area (Å²) < 4.78 is 66.0. The van der Waals surface area contributed by atoms with Gasteiger partial charge in [0.25, 0.3) is 10.0 Å². The number of nitriles is 1. The molecule has 0 aliphatic carbocycles. The smallest absolute Gasteiger partial charge is 0.291 e. The monoisotopic (exact) mass is 406 g/mol. The van der Waals surface area contributed by atoms with Crippen molar-refractivity contribution in [3.05, 3.63) is 65.4 Å². The third kappa shape index (κ3) is 3.39. The van der Waals surface area contributed by atoms with Crippen LogP contribution in [-0.2, 0) is 16.2 Å². The number of aromatic nitrogens is 1.